The van der Waals surface area contributed by atoms with Gasteiger partial charge in [-0.1, -0.05) is 0 Å². The standard InChI is InChI=1S/C14H17F2N3/c1-11(13-9-12(15)3-4-14(13)16)18-5-2-7-19-8-6-17-10-19/h3-4,6,8-11,18H,2,5,7H2,1H3. The predicted octanol–water partition coefficient (Wildman–Crippen LogP) is 2.90. The van der Waals surface area contributed by atoms with Crippen LogP contribution in [-0.2, 0) is 6.54 Å². The van der Waals surface area contributed by atoms with Crippen LogP contribution in [0.1, 0.15) is 24.9 Å². The molecule has 0 amide bonds. The Morgan fingerprint density at radius 3 is 2.95 bits per heavy atom. The molecular formula is C14H17F2N3. The van der Waals surface area contributed by atoms with Crippen LogP contribution >= 0.6 is 0 Å². The highest BCUT2D eigenvalue weighted by molar-refractivity contribution is 5.21. The smallest absolute Gasteiger partial charge is 0.128 e. The second-order valence-electron chi connectivity index (χ2n) is 4.50. The van der Waals surface area contributed by atoms with Crippen LogP contribution in [0, 0.1) is 11.6 Å². The molecule has 5 heteroatoms. The second-order valence-corrected chi connectivity index (χ2v) is 4.50. The lowest BCUT2D eigenvalue weighted by molar-refractivity contribution is 0.498. The van der Waals surface area contributed by atoms with Gasteiger partial charge in [0.1, 0.15) is 11.6 Å². The van der Waals surface area contributed by atoms with Crippen LogP contribution in [0.3, 0.4) is 0 Å². The number of aromatic nitrogens is 2. The summed E-state index contributed by atoms with van der Waals surface area (Å²) < 4.78 is 28.6. The van der Waals surface area contributed by atoms with Crippen LogP contribution in [-0.4, -0.2) is 16.1 Å². The number of nitrogens with zero attached hydrogens (tertiary/aromatic N) is 2. The van der Waals surface area contributed by atoms with E-state index in [4.69, 9.17) is 0 Å². The summed E-state index contributed by atoms with van der Waals surface area (Å²) in [5, 5.41) is 3.19. The molecule has 0 aliphatic rings. The van der Waals surface area contributed by atoms with E-state index in [2.05, 4.69) is 10.3 Å². The molecule has 1 unspecified atom stereocenters. The summed E-state index contributed by atoms with van der Waals surface area (Å²) in [5.74, 6) is -0.792. The van der Waals surface area contributed by atoms with Crippen LogP contribution in [0.25, 0.3) is 0 Å². The minimum absolute atomic E-state index is 0.210. The third-order valence-electron chi connectivity index (χ3n) is 3.03. The summed E-state index contributed by atoms with van der Waals surface area (Å²) in [5.41, 5.74) is 0.364. The molecule has 0 spiro atoms. The molecule has 0 bridgehead atoms. The molecule has 0 saturated carbocycles. The van der Waals surface area contributed by atoms with Gasteiger partial charge in [0, 0.05) is 30.5 Å². The summed E-state index contributed by atoms with van der Waals surface area (Å²) in [6.45, 7) is 3.41. The fourth-order valence-corrected chi connectivity index (χ4v) is 1.96. The lowest BCUT2D eigenvalue weighted by Gasteiger charge is -2.15. The van der Waals surface area contributed by atoms with Gasteiger partial charge in [-0.25, -0.2) is 13.8 Å². The monoisotopic (exact) mass is 265 g/mol. The quantitative estimate of drug-likeness (QED) is 0.814. The molecule has 2 rings (SSSR count). The number of hydrogen-bond acceptors (Lipinski definition) is 2. The van der Waals surface area contributed by atoms with Gasteiger partial charge in [-0.05, 0) is 38.1 Å². The van der Waals surface area contributed by atoms with Crippen molar-refractivity contribution >= 4 is 0 Å². The van der Waals surface area contributed by atoms with Gasteiger partial charge in [0.05, 0.1) is 6.33 Å². The first kappa shape index (κ1) is 13.7. The Morgan fingerprint density at radius 2 is 2.21 bits per heavy atom. The number of hydrogen-bond donors (Lipinski definition) is 1. The Labute approximate surface area is 111 Å². The molecular weight excluding hydrogens is 248 g/mol. The minimum atomic E-state index is -0.413. The Balaban J connectivity index is 1.80. The molecule has 1 aromatic heterocycles. The van der Waals surface area contributed by atoms with Gasteiger partial charge >= 0.3 is 0 Å². The number of rotatable bonds is 6. The third kappa shape index (κ3) is 3.86. The SMILES string of the molecule is CC(NCCCn1ccnc1)c1cc(F)ccc1F. The Kier molecular flexibility index (Phi) is 4.63. The van der Waals surface area contributed by atoms with Crippen molar-refractivity contribution in [2.75, 3.05) is 6.54 Å². The highest BCUT2D eigenvalue weighted by Gasteiger charge is 2.11. The van der Waals surface area contributed by atoms with E-state index in [1.165, 1.54) is 6.07 Å². The summed E-state index contributed by atoms with van der Waals surface area (Å²) in [4.78, 5) is 3.96. The van der Waals surface area contributed by atoms with Crippen molar-refractivity contribution in [3.8, 4) is 0 Å². The molecule has 1 atom stereocenters. The zero-order valence-corrected chi connectivity index (χ0v) is 10.8. The fraction of sp³-hybridized carbons (Fsp3) is 0.357. The van der Waals surface area contributed by atoms with Crippen LogP contribution in [0.4, 0.5) is 8.78 Å². The number of aryl methyl sites for hydroxylation is 1. The van der Waals surface area contributed by atoms with Crippen molar-refractivity contribution in [1.82, 2.24) is 14.9 Å². The van der Waals surface area contributed by atoms with Gasteiger partial charge in [-0.15, -0.1) is 0 Å². The van der Waals surface area contributed by atoms with Crippen molar-refractivity contribution in [1.29, 1.82) is 0 Å². The van der Waals surface area contributed by atoms with Crippen LogP contribution in [0.2, 0.25) is 0 Å². The van der Waals surface area contributed by atoms with Gasteiger partial charge in [0.2, 0.25) is 0 Å². The van der Waals surface area contributed by atoms with Crippen molar-refractivity contribution < 1.29 is 8.78 Å². The maximum atomic E-state index is 13.5. The zero-order valence-electron chi connectivity index (χ0n) is 10.8. The molecule has 1 heterocycles. The predicted molar refractivity (Wildman–Crippen MR) is 69.6 cm³/mol. The van der Waals surface area contributed by atoms with Crippen molar-refractivity contribution in [2.24, 2.45) is 0 Å². The fourth-order valence-electron chi connectivity index (χ4n) is 1.96. The molecule has 0 saturated heterocycles. The van der Waals surface area contributed by atoms with Gasteiger partial charge in [-0.3, -0.25) is 0 Å². The average Bonchev–Trinajstić information content (AvgIpc) is 2.90. The van der Waals surface area contributed by atoms with Crippen molar-refractivity contribution in [3.05, 3.63) is 54.1 Å². The first-order chi connectivity index (χ1) is 9.16. The van der Waals surface area contributed by atoms with Crippen molar-refractivity contribution in [2.45, 2.75) is 25.9 Å². The molecule has 2 aromatic rings. The highest BCUT2D eigenvalue weighted by atomic mass is 19.1. The largest absolute Gasteiger partial charge is 0.337 e. The Bertz CT molecular complexity index is 511. The first-order valence-electron chi connectivity index (χ1n) is 6.31. The topological polar surface area (TPSA) is 29.9 Å². The van der Waals surface area contributed by atoms with Gasteiger partial charge < -0.3 is 9.88 Å². The average molecular weight is 265 g/mol. The van der Waals surface area contributed by atoms with Gasteiger partial charge in [0.25, 0.3) is 0 Å². The van der Waals surface area contributed by atoms with E-state index in [0.717, 1.165) is 31.6 Å². The Morgan fingerprint density at radius 1 is 1.37 bits per heavy atom. The van der Waals surface area contributed by atoms with E-state index >= 15 is 0 Å². The first-order valence-corrected chi connectivity index (χ1v) is 6.31. The molecule has 0 aliphatic heterocycles. The summed E-state index contributed by atoms with van der Waals surface area (Å²) in [6.07, 6.45) is 6.29. The molecule has 19 heavy (non-hydrogen) atoms. The van der Waals surface area contributed by atoms with E-state index in [1.807, 2.05) is 17.7 Å². The van der Waals surface area contributed by atoms with E-state index in [9.17, 15) is 8.78 Å². The van der Waals surface area contributed by atoms with E-state index in [-0.39, 0.29) is 11.9 Å². The van der Waals surface area contributed by atoms with Crippen LogP contribution in [0.5, 0.6) is 0 Å². The lowest BCUT2D eigenvalue weighted by atomic mass is 10.1. The van der Waals surface area contributed by atoms with E-state index < -0.39 is 5.82 Å². The lowest BCUT2D eigenvalue weighted by Crippen LogP contribution is -2.22. The number of nitrogens with one attached hydrogen (secondary N) is 1. The summed E-state index contributed by atoms with van der Waals surface area (Å²) >= 11 is 0. The Hall–Kier alpha value is -1.75. The highest BCUT2D eigenvalue weighted by Crippen LogP contribution is 2.17. The maximum Gasteiger partial charge on any atom is 0.128 e. The number of halogens is 2. The van der Waals surface area contributed by atoms with Crippen LogP contribution in [0.15, 0.2) is 36.9 Å². The summed E-state index contributed by atoms with van der Waals surface area (Å²) in [6, 6.07) is 3.32. The number of benzene rings is 1. The molecule has 0 radical (unpaired) electrons. The second kappa shape index (κ2) is 6.43. The normalized spacial score (nSPS) is 12.6. The van der Waals surface area contributed by atoms with E-state index in [0.29, 0.717) is 5.56 Å². The van der Waals surface area contributed by atoms with Gasteiger partial charge in [0.15, 0.2) is 0 Å². The molecule has 0 aliphatic carbocycles. The summed E-state index contributed by atoms with van der Waals surface area (Å²) in [7, 11) is 0. The van der Waals surface area contributed by atoms with Gasteiger partial charge in [-0.2, -0.15) is 0 Å². The van der Waals surface area contributed by atoms with E-state index in [1.54, 1.807) is 12.5 Å². The molecule has 3 nitrogen and oxygen atoms in total. The molecule has 1 aromatic carbocycles. The molecule has 1 N–H and O–H groups in total. The molecule has 102 valence electrons. The third-order valence-corrected chi connectivity index (χ3v) is 3.03. The molecule has 0 fully saturated rings. The minimum Gasteiger partial charge on any atom is -0.337 e. The maximum absolute atomic E-state index is 13.5. The zero-order chi connectivity index (χ0) is 13.7. The number of imidazole rings is 1. The van der Waals surface area contributed by atoms with Crippen LogP contribution < -0.4 is 5.32 Å². The van der Waals surface area contributed by atoms with Crippen molar-refractivity contribution in [3.63, 3.8) is 0 Å².